The normalized spacial score (nSPS) is 23.1. The van der Waals surface area contributed by atoms with E-state index in [0.29, 0.717) is 5.56 Å². The number of imide groups is 1. The summed E-state index contributed by atoms with van der Waals surface area (Å²) in [7, 11) is 0. The molecule has 0 N–H and O–H groups in total. The fourth-order valence-electron chi connectivity index (χ4n) is 3.07. The van der Waals surface area contributed by atoms with Crippen LogP contribution in [0.4, 0.5) is 4.39 Å². The standard InChI is InChI=1S/C19H19ClFNO3/c1-11(23)15-10-16(20)19(4,21)18(22(12(2)24)13(3)25)17(15)14-8-6-5-7-9-14/h5-10,18H,1-4H3. The second kappa shape index (κ2) is 6.92. The molecule has 4 nitrogen and oxygen atoms in total. The Kier molecular flexibility index (Phi) is 5.28. The molecule has 132 valence electrons. The van der Waals surface area contributed by atoms with Gasteiger partial charge in [0, 0.05) is 19.4 Å². The molecule has 1 aromatic rings. The van der Waals surface area contributed by atoms with Crippen molar-refractivity contribution in [3.05, 3.63) is 52.6 Å². The molecular formula is C19H19ClFNO3. The lowest BCUT2D eigenvalue weighted by atomic mass is 9.78. The lowest BCUT2D eigenvalue weighted by Gasteiger charge is -2.41. The van der Waals surface area contributed by atoms with Gasteiger partial charge in [0.2, 0.25) is 11.8 Å². The van der Waals surface area contributed by atoms with E-state index in [1.54, 1.807) is 30.3 Å². The van der Waals surface area contributed by atoms with E-state index >= 15 is 4.39 Å². The van der Waals surface area contributed by atoms with Crippen LogP contribution in [-0.4, -0.2) is 34.2 Å². The molecule has 0 aromatic heterocycles. The zero-order chi connectivity index (χ0) is 18.9. The van der Waals surface area contributed by atoms with Gasteiger partial charge in [0.1, 0.15) is 6.04 Å². The molecule has 2 atom stereocenters. The van der Waals surface area contributed by atoms with Gasteiger partial charge in [-0.2, -0.15) is 0 Å². The fourth-order valence-corrected chi connectivity index (χ4v) is 3.29. The highest BCUT2D eigenvalue weighted by molar-refractivity contribution is 6.32. The molecule has 1 aromatic carbocycles. The Morgan fingerprint density at radius 2 is 1.60 bits per heavy atom. The van der Waals surface area contributed by atoms with E-state index in [9.17, 15) is 14.4 Å². The number of hydrogen-bond acceptors (Lipinski definition) is 3. The molecule has 25 heavy (non-hydrogen) atoms. The lowest BCUT2D eigenvalue weighted by molar-refractivity contribution is -0.146. The van der Waals surface area contributed by atoms with Crippen molar-refractivity contribution in [1.82, 2.24) is 4.90 Å². The highest BCUT2D eigenvalue weighted by atomic mass is 35.5. The first-order valence-electron chi connectivity index (χ1n) is 7.76. The Balaban J connectivity index is 2.87. The predicted molar refractivity (Wildman–Crippen MR) is 94.5 cm³/mol. The number of carbonyl (C=O) groups is 3. The molecule has 1 aliphatic carbocycles. The monoisotopic (exact) mass is 363 g/mol. The smallest absolute Gasteiger partial charge is 0.226 e. The van der Waals surface area contributed by atoms with Crippen LogP contribution < -0.4 is 0 Å². The van der Waals surface area contributed by atoms with Gasteiger partial charge in [0.25, 0.3) is 0 Å². The summed E-state index contributed by atoms with van der Waals surface area (Å²) in [5.74, 6) is -1.57. The number of benzene rings is 1. The van der Waals surface area contributed by atoms with Crippen molar-refractivity contribution in [2.75, 3.05) is 0 Å². The fraction of sp³-hybridized carbons (Fsp3) is 0.316. The molecule has 0 saturated heterocycles. The molecular weight excluding hydrogens is 345 g/mol. The number of rotatable bonds is 3. The number of hydrogen-bond donors (Lipinski definition) is 0. The van der Waals surface area contributed by atoms with Crippen molar-refractivity contribution in [3.63, 3.8) is 0 Å². The first-order chi connectivity index (χ1) is 11.6. The molecule has 0 spiro atoms. The number of halogens is 2. The van der Waals surface area contributed by atoms with Gasteiger partial charge in [0.15, 0.2) is 11.5 Å². The highest BCUT2D eigenvalue weighted by Gasteiger charge is 2.49. The van der Waals surface area contributed by atoms with Gasteiger partial charge >= 0.3 is 0 Å². The van der Waals surface area contributed by atoms with Gasteiger partial charge in [-0.1, -0.05) is 41.9 Å². The first-order valence-corrected chi connectivity index (χ1v) is 8.14. The van der Waals surface area contributed by atoms with Crippen molar-refractivity contribution in [1.29, 1.82) is 0 Å². The summed E-state index contributed by atoms with van der Waals surface area (Å²) in [5, 5.41) is -0.227. The minimum absolute atomic E-state index is 0.184. The summed E-state index contributed by atoms with van der Waals surface area (Å²) < 4.78 is 15.6. The average molecular weight is 364 g/mol. The summed E-state index contributed by atoms with van der Waals surface area (Å²) in [6, 6.07) is 7.32. The molecule has 2 amide bonds. The molecule has 6 heteroatoms. The second-order valence-corrected chi connectivity index (χ2v) is 6.54. The van der Waals surface area contributed by atoms with Crippen molar-refractivity contribution >= 4 is 34.8 Å². The summed E-state index contributed by atoms with van der Waals surface area (Å²) in [4.78, 5) is 37.2. The number of carbonyl (C=O) groups excluding carboxylic acids is 3. The van der Waals surface area contributed by atoms with Gasteiger partial charge in [-0.3, -0.25) is 19.3 Å². The van der Waals surface area contributed by atoms with Gasteiger partial charge < -0.3 is 0 Å². The number of Topliss-reactive ketones (excluding diaryl/α,β-unsaturated/α-hetero) is 1. The predicted octanol–water partition coefficient (Wildman–Crippen LogP) is 3.66. The van der Waals surface area contributed by atoms with Crippen LogP contribution in [0.5, 0.6) is 0 Å². The van der Waals surface area contributed by atoms with E-state index in [4.69, 9.17) is 11.6 Å². The zero-order valence-electron chi connectivity index (χ0n) is 14.5. The Morgan fingerprint density at radius 3 is 2.04 bits per heavy atom. The Morgan fingerprint density at radius 1 is 1.08 bits per heavy atom. The van der Waals surface area contributed by atoms with E-state index in [-0.39, 0.29) is 22.0 Å². The number of alkyl halides is 1. The summed E-state index contributed by atoms with van der Waals surface area (Å²) >= 11 is 6.10. The van der Waals surface area contributed by atoms with Gasteiger partial charge in [-0.05, 0) is 31.1 Å². The number of amides is 2. The van der Waals surface area contributed by atoms with Crippen LogP contribution in [0.2, 0.25) is 0 Å². The summed E-state index contributed by atoms with van der Waals surface area (Å²) in [5.41, 5.74) is -1.21. The van der Waals surface area contributed by atoms with Crippen LogP contribution in [0.25, 0.3) is 5.57 Å². The topological polar surface area (TPSA) is 54.5 Å². The molecule has 0 fully saturated rings. The Labute approximate surface area is 151 Å². The minimum Gasteiger partial charge on any atom is -0.294 e. The molecule has 0 heterocycles. The summed E-state index contributed by atoms with van der Waals surface area (Å²) in [6.07, 6.45) is 1.28. The third kappa shape index (κ3) is 3.42. The SMILES string of the molecule is CC(=O)C1=C(c2ccccc2)C(N(C(C)=O)C(C)=O)C(C)(F)C(Cl)=C1. The molecule has 2 rings (SSSR count). The van der Waals surface area contributed by atoms with E-state index in [1.807, 2.05) is 0 Å². The van der Waals surface area contributed by atoms with Crippen LogP contribution >= 0.6 is 11.6 Å². The first kappa shape index (κ1) is 19.1. The van der Waals surface area contributed by atoms with Crippen LogP contribution in [-0.2, 0) is 14.4 Å². The van der Waals surface area contributed by atoms with Crippen LogP contribution in [0.15, 0.2) is 47.0 Å². The van der Waals surface area contributed by atoms with E-state index in [1.165, 1.54) is 33.8 Å². The highest BCUT2D eigenvalue weighted by Crippen LogP contribution is 2.45. The van der Waals surface area contributed by atoms with Crippen molar-refractivity contribution in [2.45, 2.75) is 39.4 Å². The van der Waals surface area contributed by atoms with Gasteiger partial charge in [-0.15, -0.1) is 0 Å². The molecule has 1 aliphatic rings. The van der Waals surface area contributed by atoms with E-state index in [2.05, 4.69) is 0 Å². The molecule has 0 saturated carbocycles. The van der Waals surface area contributed by atoms with Gasteiger partial charge in [-0.25, -0.2) is 4.39 Å². The maximum atomic E-state index is 15.6. The molecule has 0 aliphatic heterocycles. The number of nitrogens with zero attached hydrogens (tertiary/aromatic N) is 1. The Hall–Kier alpha value is -2.27. The molecule has 2 unspecified atom stereocenters. The Bertz CT molecular complexity index is 782. The van der Waals surface area contributed by atoms with Crippen molar-refractivity contribution in [2.24, 2.45) is 0 Å². The van der Waals surface area contributed by atoms with Crippen molar-refractivity contribution in [3.8, 4) is 0 Å². The number of allylic oxidation sites excluding steroid dienone is 2. The zero-order valence-corrected chi connectivity index (χ0v) is 15.2. The number of ketones is 1. The minimum atomic E-state index is -2.22. The third-order valence-electron chi connectivity index (χ3n) is 4.22. The third-order valence-corrected chi connectivity index (χ3v) is 4.69. The van der Waals surface area contributed by atoms with Crippen LogP contribution in [0.1, 0.15) is 33.3 Å². The van der Waals surface area contributed by atoms with Crippen LogP contribution in [0, 0.1) is 0 Å². The van der Waals surface area contributed by atoms with E-state index in [0.717, 1.165) is 4.90 Å². The van der Waals surface area contributed by atoms with Crippen LogP contribution in [0.3, 0.4) is 0 Å². The largest absolute Gasteiger partial charge is 0.294 e. The quantitative estimate of drug-likeness (QED) is 0.823. The molecule has 0 radical (unpaired) electrons. The maximum absolute atomic E-state index is 15.6. The maximum Gasteiger partial charge on any atom is 0.226 e. The van der Waals surface area contributed by atoms with Gasteiger partial charge in [0.05, 0.1) is 5.03 Å². The average Bonchev–Trinajstić information content (AvgIpc) is 2.51. The van der Waals surface area contributed by atoms with E-state index < -0.39 is 23.5 Å². The second-order valence-electron chi connectivity index (χ2n) is 6.13. The molecule has 0 bridgehead atoms. The van der Waals surface area contributed by atoms with Crippen molar-refractivity contribution < 1.29 is 18.8 Å². The summed E-state index contributed by atoms with van der Waals surface area (Å²) in [6.45, 7) is 4.90. The lowest BCUT2D eigenvalue weighted by Crippen LogP contribution is -2.55.